The molecule has 5 heteroatoms. The van der Waals surface area contributed by atoms with Crippen molar-refractivity contribution in [1.82, 2.24) is 5.32 Å². The predicted octanol–water partition coefficient (Wildman–Crippen LogP) is 3.08. The smallest absolute Gasteiger partial charge is 0.261 e. The third-order valence-electron chi connectivity index (χ3n) is 2.61. The van der Waals surface area contributed by atoms with Gasteiger partial charge in [0.25, 0.3) is 5.91 Å². The lowest BCUT2D eigenvalue weighted by atomic mass is 10.1. The topological polar surface area (TPSA) is 58.6 Å². The summed E-state index contributed by atoms with van der Waals surface area (Å²) in [6, 6.07) is 5.02. The maximum atomic E-state index is 11.9. The minimum absolute atomic E-state index is 0.201. The second-order valence-corrected chi connectivity index (χ2v) is 6.27. The van der Waals surface area contributed by atoms with Gasteiger partial charge in [0, 0.05) is 5.54 Å². The summed E-state index contributed by atoms with van der Waals surface area (Å²) in [4.78, 5) is 11.9. The minimum Gasteiger partial charge on any atom is -0.479 e. The molecule has 0 spiro atoms. The molecule has 0 saturated heterocycles. The Morgan fingerprint density at radius 2 is 1.95 bits per heavy atom. The average Bonchev–Trinajstić information content (AvgIpc) is 2.29. The Morgan fingerprint density at radius 1 is 1.35 bits per heavy atom. The zero-order valence-electron chi connectivity index (χ0n) is 12.5. The molecule has 1 amide bonds. The summed E-state index contributed by atoms with van der Waals surface area (Å²) in [6.45, 7) is 9.04. The number of amides is 1. The first kappa shape index (κ1) is 16.8. The summed E-state index contributed by atoms with van der Waals surface area (Å²) < 4.78 is 5.56. The van der Waals surface area contributed by atoms with Crippen LogP contribution in [0.1, 0.15) is 46.3 Å². The molecule has 0 heterocycles. The number of hydrogen-bond donors (Lipinski definition) is 2. The molecule has 2 atom stereocenters. The average molecular weight is 300 g/mol. The molecule has 2 N–H and O–H groups in total. The van der Waals surface area contributed by atoms with E-state index in [1.807, 2.05) is 20.8 Å². The van der Waals surface area contributed by atoms with Crippen LogP contribution < -0.4 is 10.1 Å². The molecule has 20 heavy (non-hydrogen) atoms. The molecule has 4 nitrogen and oxygen atoms in total. The maximum absolute atomic E-state index is 11.9. The van der Waals surface area contributed by atoms with Gasteiger partial charge < -0.3 is 15.2 Å². The van der Waals surface area contributed by atoms with E-state index in [4.69, 9.17) is 16.3 Å². The SMILES string of the molecule is CC(Oc1ccc([C@@H](C)O)cc1Cl)C(=O)NC(C)(C)C. The summed E-state index contributed by atoms with van der Waals surface area (Å²) in [6.07, 6.45) is -1.24. The van der Waals surface area contributed by atoms with Crippen LogP contribution in [0.4, 0.5) is 0 Å². The fourth-order valence-corrected chi connectivity index (χ4v) is 1.82. The first-order valence-corrected chi connectivity index (χ1v) is 6.94. The van der Waals surface area contributed by atoms with Crippen LogP contribution in [0.2, 0.25) is 5.02 Å². The van der Waals surface area contributed by atoms with E-state index < -0.39 is 12.2 Å². The van der Waals surface area contributed by atoms with E-state index in [0.29, 0.717) is 16.3 Å². The van der Waals surface area contributed by atoms with Gasteiger partial charge in [-0.05, 0) is 52.3 Å². The van der Waals surface area contributed by atoms with Crippen molar-refractivity contribution < 1.29 is 14.6 Å². The lowest BCUT2D eigenvalue weighted by molar-refractivity contribution is -0.128. The molecule has 0 aliphatic carbocycles. The van der Waals surface area contributed by atoms with Crippen LogP contribution in [0.5, 0.6) is 5.75 Å². The van der Waals surface area contributed by atoms with Gasteiger partial charge in [-0.25, -0.2) is 0 Å². The first-order valence-electron chi connectivity index (χ1n) is 6.56. The standard InChI is InChI=1S/C15H22ClNO3/c1-9(18)11-6-7-13(12(16)8-11)20-10(2)14(19)17-15(3,4)5/h6-10,18H,1-5H3,(H,17,19)/t9-,10?/m1/s1. The van der Waals surface area contributed by atoms with Crippen LogP contribution in [0.15, 0.2) is 18.2 Å². The molecule has 0 radical (unpaired) electrons. The van der Waals surface area contributed by atoms with Gasteiger partial charge in [-0.2, -0.15) is 0 Å². The fourth-order valence-electron chi connectivity index (χ4n) is 1.59. The summed E-state index contributed by atoms with van der Waals surface area (Å²) >= 11 is 6.09. The van der Waals surface area contributed by atoms with Crippen LogP contribution in [0, 0.1) is 0 Å². The maximum Gasteiger partial charge on any atom is 0.261 e. The van der Waals surface area contributed by atoms with Gasteiger partial charge in [0.15, 0.2) is 6.10 Å². The van der Waals surface area contributed by atoms with Gasteiger partial charge in [-0.3, -0.25) is 4.79 Å². The van der Waals surface area contributed by atoms with Gasteiger partial charge in [0.1, 0.15) is 5.75 Å². The highest BCUT2D eigenvalue weighted by atomic mass is 35.5. The van der Waals surface area contributed by atoms with Crippen molar-refractivity contribution in [2.75, 3.05) is 0 Å². The summed E-state index contributed by atoms with van der Waals surface area (Å²) in [5.41, 5.74) is 0.392. The molecular weight excluding hydrogens is 278 g/mol. The summed E-state index contributed by atoms with van der Waals surface area (Å²) in [5.74, 6) is 0.223. The molecule has 0 aliphatic rings. The number of carbonyl (C=O) groups is 1. The second kappa shape index (κ2) is 6.46. The van der Waals surface area contributed by atoms with Crippen LogP contribution >= 0.6 is 11.6 Å². The molecule has 1 rings (SSSR count). The second-order valence-electron chi connectivity index (χ2n) is 5.87. The quantitative estimate of drug-likeness (QED) is 0.898. The van der Waals surface area contributed by atoms with Crippen LogP contribution in [0.3, 0.4) is 0 Å². The molecule has 0 saturated carbocycles. The number of rotatable bonds is 4. The zero-order chi connectivity index (χ0) is 15.5. The normalized spacial score (nSPS) is 14.6. The molecule has 112 valence electrons. The van der Waals surface area contributed by atoms with E-state index in [1.54, 1.807) is 32.0 Å². The van der Waals surface area contributed by atoms with Crippen molar-refractivity contribution in [2.24, 2.45) is 0 Å². The van der Waals surface area contributed by atoms with Crippen LogP contribution in [-0.4, -0.2) is 22.7 Å². The first-order chi connectivity index (χ1) is 9.10. The number of hydrogen-bond acceptors (Lipinski definition) is 3. The van der Waals surface area contributed by atoms with E-state index in [0.717, 1.165) is 0 Å². The van der Waals surface area contributed by atoms with Crippen molar-refractivity contribution in [3.05, 3.63) is 28.8 Å². The van der Waals surface area contributed by atoms with Crippen molar-refractivity contribution in [1.29, 1.82) is 0 Å². The summed E-state index contributed by atoms with van der Waals surface area (Å²) in [5, 5.41) is 12.7. The van der Waals surface area contributed by atoms with Gasteiger partial charge in [0.2, 0.25) is 0 Å². The lowest BCUT2D eigenvalue weighted by Crippen LogP contribution is -2.46. The molecule has 1 aromatic carbocycles. The van der Waals surface area contributed by atoms with Gasteiger partial charge >= 0.3 is 0 Å². The Morgan fingerprint density at radius 3 is 2.40 bits per heavy atom. The highest BCUT2D eigenvalue weighted by Crippen LogP contribution is 2.28. The molecular formula is C15H22ClNO3. The molecule has 1 aromatic rings. The molecule has 0 aliphatic heterocycles. The number of halogens is 1. The monoisotopic (exact) mass is 299 g/mol. The Bertz CT molecular complexity index is 480. The highest BCUT2D eigenvalue weighted by molar-refractivity contribution is 6.32. The molecule has 1 unspecified atom stereocenters. The predicted molar refractivity (Wildman–Crippen MR) is 80.1 cm³/mol. The van der Waals surface area contributed by atoms with Crippen molar-refractivity contribution in [3.8, 4) is 5.75 Å². The zero-order valence-corrected chi connectivity index (χ0v) is 13.3. The van der Waals surface area contributed by atoms with E-state index >= 15 is 0 Å². The van der Waals surface area contributed by atoms with Gasteiger partial charge in [0.05, 0.1) is 11.1 Å². The molecule has 0 fully saturated rings. The number of ether oxygens (including phenoxy) is 1. The molecule has 0 aromatic heterocycles. The van der Waals surface area contributed by atoms with Crippen molar-refractivity contribution in [3.63, 3.8) is 0 Å². The largest absolute Gasteiger partial charge is 0.479 e. The minimum atomic E-state index is -0.649. The number of aliphatic hydroxyl groups excluding tert-OH is 1. The van der Waals surface area contributed by atoms with E-state index in [1.165, 1.54) is 0 Å². The van der Waals surface area contributed by atoms with E-state index in [-0.39, 0.29) is 11.4 Å². The third-order valence-corrected chi connectivity index (χ3v) is 2.90. The Labute approximate surface area is 125 Å². The lowest BCUT2D eigenvalue weighted by Gasteiger charge is -2.24. The molecule has 0 bridgehead atoms. The van der Waals surface area contributed by atoms with Crippen LogP contribution in [-0.2, 0) is 4.79 Å². The highest BCUT2D eigenvalue weighted by Gasteiger charge is 2.21. The van der Waals surface area contributed by atoms with E-state index in [2.05, 4.69) is 5.32 Å². The summed E-state index contributed by atoms with van der Waals surface area (Å²) in [7, 11) is 0. The van der Waals surface area contributed by atoms with Gasteiger partial charge in [-0.1, -0.05) is 17.7 Å². The van der Waals surface area contributed by atoms with Gasteiger partial charge in [-0.15, -0.1) is 0 Å². The third kappa shape index (κ3) is 5.02. The number of benzene rings is 1. The Kier molecular flexibility index (Phi) is 5.42. The fraction of sp³-hybridized carbons (Fsp3) is 0.533. The van der Waals surface area contributed by atoms with Crippen LogP contribution in [0.25, 0.3) is 0 Å². The number of carbonyl (C=O) groups excluding carboxylic acids is 1. The number of aliphatic hydroxyl groups is 1. The number of nitrogens with one attached hydrogen (secondary N) is 1. The van der Waals surface area contributed by atoms with Crippen molar-refractivity contribution >= 4 is 17.5 Å². The Hall–Kier alpha value is -1.26. The Balaban J connectivity index is 2.76. The van der Waals surface area contributed by atoms with E-state index in [9.17, 15) is 9.90 Å². The van der Waals surface area contributed by atoms with Crippen molar-refractivity contribution in [2.45, 2.75) is 52.4 Å².